The first-order valence-electron chi connectivity index (χ1n) is 9.17. The third kappa shape index (κ3) is 4.40. The Hall–Kier alpha value is -2.96. The van der Waals surface area contributed by atoms with Gasteiger partial charge in [-0.2, -0.15) is 13.2 Å². The predicted molar refractivity (Wildman–Crippen MR) is 109 cm³/mol. The number of hydrogen-bond acceptors (Lipinski definition) is 7. The number of nitro groups is 1. The van der Waals surface area contributed by atoms with Crippen molar-refractivity contribution in [3.63, 3.8) is 0 Å². The number of aliphatic imine (C=N–C) groups is 1. The highest BCUT2D eigenvalue weighted by molar-refractivity contribution is 8.13. The molecule has 0 aliphatic carbocycles. The molecule has 0 aromatic heterocycles. The molecule has 2 unspecified atom stereocenters. The van der Waals surface area contributed by atoms with Crippen LogP contribution >= 0.6 is 11.8 Å². The fourth-order valence-electron chi connectivity index (χ4n) is 3.34. The number of fused-ring (bicyclic) bond motifs is 1. The monoisotopic (exact) mass is 451 g/mol. The van der Waals surface area contributed by atoms with E-state index in [0.29, 0.717) is 12.1 Å². The number of nitrogens with zero attached hydrogens (tertiary/aromatic N) is 3. The average Bonchev–Trinajstić information content (AvgIpc) is 3.21. The zero-order chi connectivity index (χ0) is 22.2. The smallest absolute Gasteiger partial charge is 0.274 e. The van der Waals surface area contributed by atoms with Gasteiger partial charge in [0.15, 0.2) is 5.17 Å². The Morgan fingerprint density at radius 3 is 2.74 bits per heavy atom. The number of carbonyl (C=O) groups excluding carboxylic acids is 1. The molecule has 2 aliphatic heterocycles. The van der Waals surface area contributed by atoms with Crippen LogP contribution in [0.4, 0.5) is 24.5 Å². The maximum atomic E-state index is 13.2. The number of alkyl halides is 3. The summed E-state index contributed by atoms with van der Waals surface area (Å²) in [6, 6.07) is 10.5. The first kappa shape index (κ1) is 21.3. The van der Waals surface area contributed by atoms with Crippen molar-refractivity contribution in [2.75, 3.05) is 11.4 Å². The van der Waals surface area contributed by atoms with E-state index in [-0.39, 0.29) is 28.2 Å². The van der Waals surface area contributed by atoms with Crippen LogP contribution in [0.25, 0.3) is 0 Å². The summed E-state index contributed by atoms with van der Waals surface area (Å²) in [5.41, 5.74) is 5.47. The molecule has 2 N–H and O–H groups in total. The van der Waals surface area contributed by atoms with Gasteiger partial charge in [-0.3, -0.25) is 25.2 Å². The summed E-state index contributed by atoms with van der Waals surface area (Å²) in [6.45, 7) is 0.297. The van der Waals surface area contributed by atoms with Gasteiger partial charge in [-0.05, 0) is 23.8 Å². The van der Waals surface area contributed by atoms with Gasteiger partial charge in [0.25, 0.3) is 5.69 Å². The summed E-state index contributed by atoms with van der Waals surface area (Å²) in [5.74, 6) is -0.691. The van der Waals surface area contributed by atoms with Crippen LogP contribution < -0.4 is 15.8 Å². The van der Waals surface area contributed by atoms with Crippen molar-refractivity contribution < 1.29 is 22.9 Å². The lowest BCUT2D eigenvalue weighted by Gasteiger charge is -2.32. The van der Waals surface area contributed by atoms with Crippen LogP contribution in [-0.4, -0.2) is 28.7 Å². The fraction of sp³-hybridized carbons (Fsp3) is 0.263. The van der Waals surface area contributed by atoms with Crippen molar-refractivity contribution in [1.82, 2.24) is 10.9 Å². The van der Waals surface area contributed by atoms with Crippen LogP contribution in [0, 0.1) is 16.0 Å². The lowest BCUT2D eigenvalue weighted by molar-refractivity contribution is -0.384. The summed E-state index contributed by atoms with van der Waals surface area (Å²) < 4.78 is 39.6. The van der Waals surface area contributed by atoms with Crippen molar-refractivity contribution in [3.05, 3.63) is 69.8 Å². The molecule has 8 nitrogen and oxygen atoms in total. The quantitative estimate of drug-likeness (QED) is 0.547. The molecule has 1 saturated heterocycles. The number of thioether (sulfide) groups is 1. The molecule has 0 saturated carbocycles. The predicted octanol–water partition coefficient (Wildman–Crippen LogP) is 3.30. The number of amides is 1. The molecule has 2 aromatic rings. The first-order valence-corrected chi connectivity index (χ1v) is 10.2. The first-order chi connectivity index (χ1) is 14.7. The standard InChI is InChI=1S/C19H16F3N5O3S/c20-19(21,22)12-4-2-5-13(8-12)26-17(28)15-9-23-25-16(15)24-18(26)31-10-11-3-1-6-14(7-11)27(29)30/h1-8,15-16,23,25H,9-10H2. The van der Waals surface area contributed by atoms with E-state index in [1.807, 2.05) is 0 Å². The topological polar surface area (TPSA) is 99.9 Å². The normalized spacial score (nSPS) is 21.1. The van der Waals surface area contributed by atoms with E-state index in [1.165, 1.54) is 29.2 Å². The molecule has 0 radical (unpaired) electrons. The van der Waals surface area contributed by atoms with E-state index in [4.69, 9.17) is 0 Å². The largest absolute Gasteiger partial charge is 0.416 e. The molecule has 2 aromatic carbocycles. The van der Waals surface area contributed by atoms with E-state index >= 15 is 0 Å². The minimum absolute atomic E-state index is 0.0652. The molecule has 0 bridgehead atoms. The van der Waals surface area contributed by atoms with Crippen molar-refractivity contribution in [1.29, 1.82) is 0 Å². The Morgan fingerprint density at radius 2 is 2.00 bits per heavy atom. The molecule has 1 fully saturated rings. The van der Waals surface area contributed by atoms with Gasteiger partial charge in [-0.25, -0.2) is 10.4 Å². The van der Waals surface area contributed by atoms with E-state index in [9.17, 15) is 28.1 Å². The number of hydrogen-bond donors (Lipinski definition) is 2. The molecular weight excluding hydrogens is 435 g/mol. The lowest BCUT2D eigenvalue weighted by atomic mass is 10.0. The second kappa shape index (κ2) is 8.29. The van der Waals surface area contributed by atoms with Gasteiger partial charge in [-0.1, -0.05) is 30.0 Å². The molecule has 2 aliphatic rings. The molecule has 162 valence electrons. The van der Waals surface area contributed by atoms with Gasteiger partial charge in [0, 0.05) is 24.4 Å². The van der Waals surface area contributed by atoms with E-state index in [0.717, 1.165) is 23.9 Å². The Labute approximate surface area is 178 Å². The van der Waals surface area contributed by atoms with Gasteiger partial charge in [-0.15, -0.1) is 0 Å². The minimum Gasteiger partial charge on any atom is -0.274 e. The number of carbonyl (C=O) groups is 1. The molecule has 31 heavy (non-hydrogen) atoms. The Balaban J connectivity index is 1.66. The zero-order valence-corrected chi connectivity index (χ0v) is 16.6. The number of non-ortho nitro benzene ring substituents is 1. The van der Waals surface area contributed by atoms with E-state index < -0.39 is 28.7 Å². The number of nitrogens with one attached hydrogen (secondary N) is 2. The highest BCUT2D eigenvalue weighted by Crippen LogP contribution is 2.35. The van der Waals surface area contributed by atoms with Crippen molar-refractivity contribution in [2.24, 2.45) is 10.9 Å². The zero-order valence-electron chi connectivity index (χ0n) is 15.8. The Kier molecular flexibility index (Phi) is 5.69. The van der Waals surface area contributed by atoms with Gasteiger partial charge in [0.05, 0.1) is 22.1 Å². The number of rotatable bonds is 4. The van der Waals surface area contributed by atoms with Crippen LogP contribution in [0.5, 0.6) is 0 Å². The molecule has 2 heterocycles. The van der Waals surface area contributed by atoms with E-state index in [2.05, 4.69) is 15.8 Å². The van der Waals surface area contributed by atoms with Gasteiger partial charge >= 0.3 is 6.18 Å². The summed E-state index contributed by atoms with van der Waals surface area (Å²) in [7, 11) is 0. The number of hydrazine groups is 1. The van der Waals surface area contributed by atoms with Crippen LogP contribution in [0.15, 0.2) is 53.5 Å². The van der Waals surface area contributed by atoms with Gasteiger partial charge in [0.2, 0.25) is 5.91 Å². The summed E-state index contributed by atoms with van der Waals surface area (Å²) >= 11 is 1.12. The second-order valence-electron chi connectivity index (χ2n) is 6.93. The molecule has 1 amide bonds. The van der Waals surface area contributed by atoms with Crippen LogP contribution in [0.1, 0.15) is 11.1 Å². The van der Waals surface area contributed by atoms with Crippen LogP contribution in [0.3, 0.4) is 0 Å². The van der Waals surface area contributed by atoms with Gasteiger partial charge in [0.1, 0.15) is 6.17 Å². The van der Waals surface area contributed by atoms with E-state index in [1.54, 1.807) is 12.1 Å². The highest BCUT2D eigenvalue weighted by Gasteiger charge is 2.42. The molecule has 2 atom stereocenters. The fourth-order valence-corrected chi connectivity index (χ4v) is 4.32. The number of halogens is 3. The van der Waals surface area contributed by atoms with Crippen LogP contribution in [0.2, 0.25) is 0 Å². The summed E-state index contributed by atoms with van der Waals surface area (Å²) in [5, 5.41) is 11.2. The Bertz CT molecular complexity index is 1060. The Morgan fingerprint density at radius 1 is 1.23 bits per heavy atom. The maximum Gasteiger partial charge on any atom is 0.416 e. The van der Waals surface area contributed by atoms with Crippen LogP contribution in [-0.2, 0) is 16.7 Å². The van der Waals surface area contributed by atoms with Crippen molar-refractivity contribution in [3.8, 4) is 0 Å². The number of nitro benzene ring substituents is 1. The van der Waals surface area contributed by atoms with Gasteiger partial charge < -0.3 is 0 Å². The summed E-state index contributed by atoms with van der Waals surface area (Å²) in [4.78, 5) is 29.3. The third-order valence-corrected chi connectivity index (χ3v) is 5.88. The number of benzene rings is 2. The molecule has 4 rings (SSSR count). The highest BCUT2D eigenvalue weighted by atomic mass is 32.2. The minimum atomic E-state index is -4.55. The second-order valence-corrected chi connectivity index (χ2v) is 7.87. The lowest BCUT2D eigenvalue weighted by Crippen LogP contribution is -2.49. The third-order valence-electron chi connectivity index (χ3n) is 4.85. The molecule has 12 heteroatoms. The number of anilines is 1. The van der Waals surface area contributed by atoms with Crippen molar-refractivity contribution in [2.45, 2.75) is 18.1 Å². The maximum absolute atomic E-state index is 13.2. The molecular formula is C19H16F3N5O3S. The summed E-state index contributed by atoms with van der Waals surface area (Å²) in [6.07, 6.45) is -5.09. The van der Waals surface area contributed by atoms with Crippen molar-refractivity contribution >= 4 is 34.2 Å². The SMILES string of the molecule is O=C1C2CNNC2N=C(SCc2cccc([N+](=O)[O-])c2)N1c1cccc(C(F)(F)F)c1. The molecule has 0 spiro atoms. The number of amidine groups is 1. The average molecular weight is 451 g/mol.